The van der Waals surface area contributed by atoms with Crippen molar-refractivity contribution in [2.75, 3.05) is 23.9 Å². The molecule has 0 aromatic heterocycles. The van der Waals surface area contributed by atoms with Crippen molar-refractivity contribution in [1.82, 2.24) is 0 Å². The van der Waals surface area contributed by atoms with Crippen LogP contribution >= 0.6 is 11.8 Å². The third kappa shape index (κ3) is 3.43. The Kier molecular flexibility index (Phi) is 4.99. The van der Waals surface area contributed by atoms with Crippen molar-refractivity contribution in [3.8, 4) is 0 Å². The molecule has 0 spiro atoms. The molecule has 2 aromatic rings. The second kappa shape index (κ2) is 7.21. The van der Waals surface area contributed by atoms with Gasteiger partial charge in [0, 0.05) is 31.1 Å². The van der Waals surface area contributed by atoms with Crippen LogP contribution < -0.4 is 9.80 Å². The number of hydrogen-bond acceptors (Lipinski definition) is 5. The van der Waals surface area contributed by atoms with Crippen molar-refractivity contribution in [1.29, 1.82) is 0 Å². The van der Waals surface area contributed by atoms with Gasteiger partial charge in [-0.3, -0.25) is 9.59 Å². The zero-order valence-corrected chi connectivity index (χ0v) is 15.2. The van der Waals surface area contributed by atoms with Gasteiger partial charge in [0.25, 0.3) is 0 Å². The smallest absolute Gasteiger partial charge is 0.336 e. The Morgan fingerprint density at radius 3 is 2.38 bits per heavy atom. The molecular weight excluding hydrogens is 352 g/mol. The minimum atomic E-state index is -1.05. The standard InChI is InChI=1S/C19H18N2O4S/c1-20(2)12-7-9-13(10-8-12)21-17(22)11-16(18(21)23)26-15-6-4-3-5-14(15)19(24)25/h3-10,16H,11H2,1-2H3,(H,24,25)/t16-/m1/s1. The van der Waals surface area contributed by atoms with Gasteiger partial charge in [0.1, 0.15) is 0 Å². The molecule has 7 heteroatoms. The Bertz CT molecular complexity index is 864. The highest BCUT2D eigenvalue weighted by molar-refractivity contribution is 8.00. The van der Waals surface area contributed by atoms with Crippen LogP contribution in [0.5, 0.6) is 0 Å². The minimum Gasteiger partial charge on any atom is -0.478 e. The van der Waals surface area contributed by atoms with Crippen LogP contribution in [0.15, 0.2) is 53.4 Å². The number of aromatic carboxylic acids is 1. The van der Waals surface area contributed by atoms with E-state index in [9.17, 15) is 19.5 Å². The number of carboxylic acid groups (broad SMARTS) is 1. The van der Waals surface area contributed by atoms with Gasteiger partial charge in [-0.1, -0.05) is 12.1 Å². The van der Waals surface area contributed by atoms with Crippen LogP contribution in [-0.4, -0.2) is 42.2 Å². The number of benzene rings is 2. The van der Waals surface area contributed by atoms with Crippen LogP contribution in [0.2, 0.25) is 0 Å². The second-order valence-corrected chi connectivity index (χ2v) is 7.33. The van der Waals surface area contributed by atoms with Crippen molar-refractivity contribution in [2.24, 2.45) is 0 Å². The summed E-state index contributed by atoms with van der Waals surface area (Å²) in [6.45, 7) is 0. The molecule has 0 aliphatic carbocycles. The van der Waals surface area contributed by atoms with Gasteiger partial charge in [0.2, 0.25) is 11.8 Å². The molecule has 0 saturated carbocycles. The van der Waals surface area contributed by atoms with Gasteiger partial charge >= 0.3 is 5.97 Å². The molecule has 0 radical (unpaired) electrons. The molecule has 26 heavy (non-hydrogen) atoms. The fourth-order valence-corrected chi connectivity index (χ4v) is 3.94. The lowest BCUT2D eigenvalue weighted by molar-refractivity contribution is -0.121. The van der Waals surface area contributed by atoms with E-state index >= 15 is 0 Å². The lowest BCUT2D eigenvalue weighted by atomic mass is 10.2. The molecule has 1 aliphatic rings. The minimum absolute atomic E-state index is 0.0485. The summed E-state index contributed by atoms with van der Waals surface area (Å²) in [7, 11) is 3.82. The Labute approximate surface area is 155 Å². The van der Waals surface area contributed by atoms with Gasteiger partial charge in [-0.15, -0.1) is 11.8 Å². The Morgan fingerprint density at radius 2 is 1.77 bits per heavy atom. The Balaban J connectivity index is 1.82. The third-order valence-electron chi connectivity index (χ3n) is 4.12. The first-order chi connectivity index (χ1) is 12.4. The lowest BCUT2D eigenvalue weighted by Gasteiger charge is -2.17. The molecule has 1 heterocycles. The number of hydrogen-bond donors (Lipinski definition) is 1. The van der Waals surface area contributed by atoms with E-state index < -0.39 is 11.2 Å². The number of thioether (sulfide) groups is 1. The van der Waals surface area contributed by atoms with E-state index in [4.69, 9.17) is 0 Å². The van der Waals surface area contributed by atoms with Crippen molar-refractivity contribution in [3.05, 3.63) is 54.1 Å². The highest BCUT2D eigenvalue weighted by Crippen LogP contribution is 2.35. The van der Waals surface area contributed by atoms with Gasteiger partial charge in [0.15, 0.2) is 0 Å². The Morgan fingerprint density at radius 1 is 1.12 bits per heavy atom. The van der Waals surface area contributed by atoms with Gasteiger partial charge in [-0.25, -0.2) is 9.69 Å². The van der Waals surface area contributed by atoms with Crippen LogP contribution in [0.1, 0.15) is 16.8 Å². The predicted octanol–water partition coefficient (Wildman–Crippen LogP) is 2.88. The summed E-state index contributed by atoms with van der Waals surface area (Å²) in [5.41, 5.74) is 1.63. The molecule has 3 rings (SSSR count). The van der Waals surface area contributed by atoms with Gasteiger partial charge in [-0.2, -0.15) is 0 Å². The molecule has 1 aliphatic heterocycles. The summed E-state index contributed by atoms with van der Waals surface area (Å²) >= 11 is 1.12. The number of carbonyl (C=O) groups excluding carboxylic acids is 2. The molecular formula is C19H18N2O4S. The normalized spacial score (nSPS) is 16.8. The fourth-order valence-electron chi connectivity index (χ4n) is 2.77. The van der Waals surface area contributed by atoms with Crippen LogP contribution in [0.3, 0.4) is 0 Å². The summed E-state index contributed by atoms with van der Waals surface area (Å²) in [5, 5.41) is 8.65. The van der Waals surface area contributed by atoms with Crippen molar-refractivity contribution >= 4 is 40.9 Å². The SMILES string of the molecule is CN(C)c1ccc(N2C(=O)C[C@@H](Sc3ccccc3C(=O)O)C2=O)cc1. The van der Waals surface area contributed by atoms with Gasteiger partial charge < -0.3 is 10.0 Å². The first kappa shape index (κ1) is 18.0. The number of nitrogens with zero attached hydrogens (tertiary/aromatic N) is 2. The van der Waals surface area contributed by atoms with Crippen LogP contribution in [0, 0.1) is 0 Å². The van der Waals surface area contributed by atoms with E-state index in [1.54, 1.807) is 30.3 Å². The topological polar surface area (TPSA) is 77.9 Å². The zero-order valence-electron chi connectivity index (χ0n) is 14.4. The quantitative estimate of drug-likeness (QED) is 0.816. The van der Waals surface area contributed by atoms with Crippen LogP contribution in [-0.2, 0) is 9.59 Å². The molecule has 1 N–H and O–H groups in total. The van der Waals surface area contributed by atoms with Gasteiger partial charge in [-0.05, 0) is 36.4 Å². The molecule has 0 bridgehead atoms. The fraction of sp³-hybridized carbons (Fsp3) is 0.211. The summed E-state index contributed by atoms with van der Waals surface area (Å²) in [6, 6.07) is 13.7. The first-order valence-corrected chi connectivity index (χ1v) is 8.89. The second-order valence-electron chi connectivity index (χ2n) is 6.09. The summed E-state index contributed by atoms with van der Waals surface area (Å²) in [4.78, 5) is 40.1. The molecule has 1 atom stereocenters. The lowest BCUT2D eigenvalue weighted by Crippen LogP contribution is -2.31. The number of carbonyl (C=O) groups is 3. The maximum absolute atomic E-state index is 12.7. The summed E-state index contributed by atoms with van der Waals surface area (Å²) < 4.78 is 0. The van der Waals surface area contributed by atoms with Crippen molar-refractivity contribution in [3.63, 3.8) is 0 Å². The zero-order chi connectivity index (χ0) is 18.8. The molecule has 0 unspecified atom stereocenters. The largest absolute Gasteiger partial charge is 0.478 e. The van der Waals surface area contributed by atoms with Crippen LogP contribution in [0.25, 0.3) is 0 Å². The molecule has 2 amide bonds. The van der Waals surface area contributed by atoms with E-state index in [2.05, 4.69) is 0 Å². The maximum atomic E-state index is 12.7. The number of rotatable bonds is 5. The highest BCUT2D eigenvalue weighted by Gasteiger charge is 2.40. The molecule has 6 nitrogen and oxygen atoms in total. The molecule has 1 fully saturated rings. The van der Waals surface area contributed by atoms with Crippen molar-refractivity contribution < 1.29 is 19.5 Å². The van der Waals surface area contributed by atoms with E-state index in [-0.39, 0.29) is 23.8 Å². The van der Waals surface area contributed by atoms with E-state index in [1.807, 2.05) is 31.1 Å². The average molecular weight is 370 g/mol. The van der Waals surface area contributed by atoms with E-state index in [1.165, 1.54) is 11.0 Å². The first-order valence-electron chi connectivity index (χ1n) is 8.01. The van der Waals surface area contributed by atoms with Gasteiger partial charge in [0.05, 0.1) is 16.5 Å². The van der Waals surface area contributed by atoms with E-state index in [0.29, 0.717) is 10.6 Å². The Hall–Kier alpha value is -2.80. The molecule has 2 aromatic carbocycles. The highest BCUT2D eigenvalue weighted by atomic mass is 32.2. The van der Waals surface area contributed by atoms with Crippen LogP contribution in [0.4, 0.5) is 11.4 Å². The maximum Gasteiger partial charge on any atom is 0.336 e. The number of carboxylic acids is 1. The number of amides is 2. The van der Waals surface area contributed by atoms with Crippen molar-refractivity contribution in [2.45, 2.75) is 16.6 Å². The van der Waals surface area contributed by atoms with E-state index in [0.717, 1.165) is 17.4 Å². The number of imide groups is 1. The molecule has 1 saturated heterocycles. The predicted molar refractivity (Wildman–Crippen MR) is 101 cm³/mol. The summed E-state index contributed by atoms with van der Waals surface area (Å²) in [6.07, 6.45) is 0.0485. The monoisotopic (exact) mass is 370 g/mol. The third-order valence-corrected chi connectivity index (χ3v) is 5.38. The number of anilines is 2. The molecule has 134 valence electrons. The average Bonchev–Trinajstić information content (AvgIpc) is 2.89. The summed E-state index contributed by atoms with van der Waals surface area (Å²) in [5.74, 6) is -1.66.